The highest BCUT2D eigenvalue weighted by Crippen LogP contribution is 2.22. The Kier molecular flexibility index (Phi) is 8.52. The van der Waals surface area contributed by atoms with Crippen molar-refractivity contribution in [3.8, 4) is 11.4 Å². The first-order valence-corrected chi connectivity index (χ1v) is 12.7. The van der Waals surface area contributed by atoms with Crippen molar-refractivity contribution < 1.29 is 14.4 Å². The fourth-order valence-electron chi connectivity index (χ4n) is 4.15. The Morgan fingerprint density at radius 1 is 0.842 bits per heavy atom. The van der Waals surface area contributed by atoms with Gasteiger partial charge in [-0.05, 0) is 37.1 Å². The zero-order valence-electron chi connectivity index (χ0n) is 22.0. The van der Waals surface area contributed by atoms with Crippen molar-refractivity contribution in [2.24, 2.45) is 0 Å². The van der Waals surface area contributed by atoms with E-state index >= 15 is 0 Å². The summed E-state index contributed by atoms with van der Waals surface area (Å²) in [7, 11) is 0. The number of benzene rings is 2. The zero-order valence-corrected chi connectivity index (χ0v) is 22.0. The van der Waals surface area contributed by atoms with Gasteiger partial charge < -0.3 is 25.8 Å². The van der Waals surface area contributed by atoms with E-state index in [9.17, 15) is 14.4 Å². The van der Waals surface area contributed by atoms with Crippen molar-refractivity contribution in [1.82, 2.24) is 20.2 Å². The molecule has 3 N–H and O–H groups in total. The van der Waals surface area contributed by atoms with Gasteiger partial charge in [-0.25, -0.2) is 9.97 Å². The number of nitrogens with zero attached hydrogens (tertiary/aromatic N) is 4. The minimum atomic E-state index is -0.744. The summed E-state index contributed by atoms with van der Waals surface area (Å²) in [4.78, 5) is 49.8. The van der Waals surface area contributed by atoms with Crippen molar-refractivity contribution in [1.29, 1.82) is 0 Å². The van der Waals surface area contributed by atoms with E-state index in [1.807, 2.05) is 30.3 Å². The molecule has 1 fully saturated rings. The number of carbonyl (C=O) groups is 3. The number of aromatic nitrogens is 2. The average Bonchev–Trinajstić information content (AvgIpc) is 2.92. The highest BCUT2D eigenvalue weighted by Gasteiger charge is 2.27. The summed E-state index contributed by atoms with van der Waals surface area (Å²) in [5.41, 5.74) is 4.36. The molecule has 10 heteroatoms. The van der Waals surface area contributed by atoms with E-state index in [4.69, 9.17) is 0 Å². The van der Waals surface area contributed by atoms with Crippen LogP contribution in [0.2, 0.25) is 0 Å². The van der Waals surface area contributed by atoms with Gasteiger partial charge >= 0.3 is 11.8 Å². The molecule has 1 aliphatic heterocycles. The first kappa shape index (κ1) is 26.6. The Labute approximate surface area is 222 Å². The minimum absolute atomic E-state index is 0.124. The summed E-state index contributed by atoms with van der Waals surface area (Å²) in [6.07, 6.45) is 0. The topological polar surface area (TPSA) is 120 Å². The molecule has 10 nitrogen and oxygen atoms in total. The molecule has 3 amide bonds. The van der Waals surface area contributed by atoms with E-state index < -0.39 is 11.8 Å². The van der Waals surface area contributed by atoms with E-state index in [1.165, 1.54) is 18.1 Å². The van der Waals surface area contributed by atoms with Crippen molar-refractivity contribution in [3.05, 3.63) is 65.7 Å². The molecule has 198 valence electrons. The molecule has 0 bridgehead atoms. The molecule has 2 heterocycles. The van der Waals surface area contributed by atoms with E-state index in [0.29, 0.717) is 50.9 Å². The van der Waals surface area contributed by atoms with Crippen LogP contribution in [0.25, 0.3) is 11.4 Å². The molecule has 0 unspecified atom stereocenters. The van der Waals surface area contributed by atoms with Crippen molar-refractivity contribution >= 4 is 35.0 Å². The Hall–Kier alpha value is -4.47. The summed E-state index contributed by atoms with van der Waals surface area (Å²) < 4.78 is 0. The summed E-state index contributed by atoms with van der Waals surface area (Å²) in [6.45, 7) is 8.67. The average molecular weight is 516 g/mol. The van der Waals surface area contributed by atoms with Crippen LogP contribution < -0.4 is 20.9 Å². The van der Waals surface area contributed by atoms with E-state index in [0.717, 1.165) is 11.3 Å². The molecule has 0 saturated carbocycles. The van der Waals surface area contributed by atoms with Gasteiger partial charge in [0, 0.05) is 63.5 Å². The summed E-state index contributed by atoms with van der Waals surface area (Å²) in [5.74, 6) is -0.376. The molecule has 0 atom stereocenters. The fraction of sp³-hybridized carbons (Fsp3) is 0.321. The largest absolute Gasteiger partial charge is 0.368 e. The van der Waals surface area contributed by atoms with Gasteiger partial charge in [0.05, 0.1) is 0 Å². The molecular formula is C28H33N7O3. The lowest BCUT2D eigenvalue weighted by atomic mass is 10.1. The monoisotopic (exact) mass is 515 g/mol. The van der Waals surface area contributed by atoms with Crippen molar-refractivity contribution in [2.75, 3.05) is 54.8 Å². The molecule has 2 aromatic carbocycles. The third kappa shape index (κ3) is 6.84. The molecule has 4 rings (SSSR count). The van der Waals surface area contributed by atoms with Crippen LogP contribution in [0, 0.1) is 13.8 Å². The summed E-state index contributed by atoms with van der Waals surface area (Å²) in [5, 5.41) is 8.49. The minimum Gasteiger partial charge on any atom is -0.368 e. The maximum absolute atomic E-state index is 13.0. The van der Waals surface area contributed by atoms with Crippen LogP contribution in [0.1, 0.15) is 18.1 Å². The number of amides is 3. The number of hydrogen-bond acceptors (Lipinski definition) is 7. The number of rotatable bonds is 7. The van der Waals surface area contributed by atoms with Crippen LogP contribution in [0.5, 0.6) is 0 Å². The highest BCUT2D eigenvalue weighted by molar-refractivity contribution is 6.39. The Bertz CT molecular complexity index is 1310. The Balaban J connectivity index is 1.41. The molecule has 3 aromatic rings. The number of nitrogens with one attached hydrogen (secondary N) is 3. The predicted octanol–water partition coefficient (Wildman–Crippen LogP) is 2.60. The van der Waals surface area contributed by atoms with E-state index in [1.54, 1.807) is 11.0 Å². The standard InChI is InChI=1S/C28H33N7O3/c1-19-9-10-23(17-20(19)2)34-13-15-35(16-14-34)28(38)27(37)33-25-18-24(30-12-11-29-21(3)36)31-26(32-25)22-7-5-4-6-8-22/h4-10,17-18H,11-16H2,1-3H3,(H,29,36)(H2,30,31,32,33,37). The van der Waals surface area contributed by atoms with Gasteiger partial charge in [-0.15, -0.1) is 0 Å². The quantitative estimate of drug-likeness (QED) is 0.327. The number of carbonyl (C=O) groups excluding carboxylic acids is 3. The van der Waals surface area contributed by atoms with Crippen LogP contribution in [0.4, 0.5) is 17.3 Å². The second-order valence-electron chi connectivity index (χ2n) is 9.24. The summed E-state index contributed by atoms with van der Waals surface area (Å²) >= 11 is 0. The van der Waals surface area contributed by atoms with Gasteiger partial charge in [-0.3, -0.25) is 14.4 Å². The summed E-state index contributed by atoms with van der Waals surface area (Å²) in [6, 6.07) is 17.3. The van der Waals surface area contributed by atoms with Gasteiger partial charge in [-0.2, -0.15) is 0 Å². The van der Waals surface area contributed by atoms with Gasteiger partial charge in [-0.1, -0.05) is 36.4 Å². The third-order valence-electron chi connectivity index (χ3n) is 6.42. The maximum Gasteiger partial charge on any atom is 0.315 e. The lowest BCUT2D eigenvalue weighted by Gasteiger charge is -2.36. The number of piperazine rings is 1. The molecular weight excluding hydrogens is 482 g/mol. The lowest BCUT2D eigenvalue weighted by molar-refractivity contribution is -0.143. The molecule has 1 saturated heterocycles. The second-order valence-corrected chi connectivity index (χ2v) is 9.24. The van der Waals surface area contributed by atoms with E-state index in [2.05, 4.69) is 62.9 Å². The van der Waals surface area contributed by atoms with Crippen LogP contribution in [0.3, 0.4) is 0 Å². The van der Waals surface area contributed by atoms with Crippen molar-refractivity contribution in [3.63, 3.8) is 0 Å². The number of hydrogen-bond donors (Lipinski definition) is 3. The van der Waals surface area contributed by atoms with Gasteiger partial charge in [0.2, 0.25) is 5.91 Å². The van der Waals surface area contributed by atoms with Crippen molar-refractivity contribution in [2.45, 2.75) is 20.8 Å². The van der Waals surface area contributed by atoms with Crippen LogP contribution in [0.15, 0.2) is 54.6 Å². The number of aryl methyl sites for hydroxylation is 2. The first-order chi connectivity index (χ1) is 18.3. The Morgan fingerprint density at radius 2 is 1.55 bits per heavy atom. The van der Waals surface area contributed by atoms with Crippen LogP contribution >= 0.6 is 0 Å². The second kappa shape index (κ2) is 12.2. The smallest absolute Gasteiger partial charge is 0.315 e. The van der Waals surface area contributed by atoms with Crippen LogP contribution in [-0.4, -0.2) is 71.9 Å². The highest BCUT2D eigenvalue weighted by atomic mass is 16.2. The van der Waals surface area contributed by atoms with Gasteiger partial charge in [0.1, 0.15) is 11.6 Å². The predicted molar refractivity (Wildman–Crippen MR) is 148 cm³/mol. The van der Waals surface area contributed by atoms with Gasteiger partial charge in [0.25, 0.3) is 0 Å². The molecule has 1 aliphatic rings. The molecule has 0 spiro atoms. The maximum atomic E-state index is 13.0. The number of anilines is 3. The molecule has 0 radical (unpaired) electrons. The Morgan fingerprint density at radius 3 is 2.24 bits per heavy atom. The first-order valence-electron chi connectivity index (χ1n) is 12.7. The normalized spacial score (nSPS) is 13.1. The molecule has 38 heavy (non-hydrogen) atoms. The van der Waals surface area contributed by atoms with Crippen LogP contribution in [-0.2, 0) is 14.4 Å². The zero-order chi connectivity index (χ0) is 27.1. The lowest BCUT2D eigenvalue weighted by Crippen LogP contribution is -2.51. The van der Waals surface area contributed by atoms with E-state index in [-0.39, 0.29) is 11.7 Å². The van der Waals surface area contributed by atoms with Gasteiger partial charge in [0.15, 0.2) is 5.82 Å². The molecule has 1 aromatic heterocycles. The SMILES string of the molecule is CC(=O)NCCNc1cc(NC(=O)C(=O)N2CCN(c3ccc(C)c(C)c3)CC2)nc(-c2ccccc2)n1. The molecule has 0 aliphatic carbocycles. The fourth-order valence-corrected chi connectivity index (χ4v) is 4.15. The third-order valence-corrected chi connectivity index (χ3v) is 6.42.